The lowest BCUT2D eigenvalue weighted by atomic mass is 10.0. The van der Waals surface area contributed by atoms with E-state index < -0.39 is 0 Å². The minimum absolute atomic E-state index is 0.0267. The van der Waals surface area contributed by atoms with Gasteiger partial charge in [0.15, 0.2) is 11.5 Å². The van der Waals surface area contributed by atoms with E-state index in [0.29, 0.717) is 17.9 Å². The first-order valence-electron chi connectivity index (χ1n) is 9.58. The first kappa shape index (κ1) is 19.6. The van der Waals surface area contributed by atoms with Crippen LogP contribution in [0.2, 0.25) is 0 Å². The summed E-state index contributed by atoms with van der Waals surface area (Å²) in [6.07, 6.45) is 6.19. The highest BCUT2D eigenvalue weighted by Crippen LogP contribution is 2.18. The summed E-state index contributed by atoms with van der Waals surface area (Å²) in [6, 6.07) is 9.93. The van der Waals surface area contributed by atoms with Crippen molar-refractivity contribution in [3.8, 4) is 0 Å². The molecule has 8 heteroatoms. The molecule has 2 aromatic heterocycles. The summed E-state index contributed by atoms with van der Waals surface area (Å²) in [7, 11) is 0. The average molecular weight is 382 g/mol. The first-order valence-corrected chi connectivity index (χ1v) is 9.58. The van der Waals surface area contributed by atoms with Gasteiger partial charge in [-0.05, 0) is 24.8 Å². The van der Waals surface area contributed by atoms with Crippen LogP contribution in [0.1, 0.15) is 44.2 Å². The predicted octanol–water partition coefficient (Wildman–Crippen LogP) is 3.46. The molecule has 0 fully saturated rings. The largest absolute Gasteiger partial charge is 0.450 e. The number of carbonyl (C=O) groups excluding carboxylic acids is 1. The lowest BCUT2D eigenvalue weighted by Gasteiger charge is -2.18. The Labute approximate surface area is 164 Å². The van der Waals surface area contributed by atoms with Gasteiger partial charge in [-0.1, -0.05) is 43.7 Å². The number of amides is 1. The van der Waals surface area contributed by atoms with Crippen LogP contribution in [0.4, 0.5) is 10.6 Å². The molecule has 3 rings (SSSR count). The van der Waals surface area contributed by atoms with Crippen LogP contribution in [0.15, 0.2) is 43.0 Å². The summed E-state index contributed by atoms with van der Waals surface area (Å²) in [5.41, 5.74) is 8.21. The summed E-state index contributed by atoms with van der Waals surface area (Å²) in [5, 5.41) is 2.96. The topological polar surface area (TPSA) is 108 Å². The minimum Gasteiger partial charge on any atom is -0.450 e. The van der Waals surface area contributed by atoms with Crippen LogP contribution in [0.5, 0.6) is 0 Å². The predicted molar refractivity (Wildman–Crippen MR) is 108 cm³/mol. The molecule has 1 amide bonds. The molecule has 0 aliphatic heterocycles. The molecule has 0 saturated heterocycles. The number of imidazole rings is 1. The highest BCUT2D eigenvalue weighted by molar-refractivity contribution is 5.81. The summed E-state index contributed by atoms with van der Waals surface area (Å²) in [5.74, 6) is 0.379. The highest BCUT2D eigenvalue weighted by Gasteiger charge is 2.14. The van der Waals surface area contributed by atoms with E-state index >= 15 is 0 Å². The van der Waals surface area contributed by atoms with Crippen molar-refractivity contribution in [3.63, 3.8) is 0 Å². The maximum Gasteiger partial charge on any atom is 0.407 e. The van der Waals surface area contributed by atoms with Crippen LogP contribution in [0.3, 0.4) is 0 Å². The van der Waals surface area contributed by atoms with E-state index in [1.165, 1.54) is 6.33 Å². The third-order valence-corrected chi connectivity index (χ3v) is 4.53. The second-order valence-corrected chi connectivity index (χ2v) is 6.61. The van der Waals surface area contributed by atoms with Crippen LogP contribution in [0.25, 0.3) is 11.2 Å². The van der Waals surface area contributed by atoms with E-state index in [0.717, 1.165) is 43.4 Å². The molecule has 0 saturated carbocycles. The lowest BCUT2D eigenvalue weighted by molar-refractivity contribution is 0.139. The standard InChI is InChI=1S/C20H26N6O2/c1-2-8-16(15-9-4-3-5-10-15)25-20(27)28-12-7-6-11-26-14-24-17-18(21)22-13-23-19(17)26/h3-5,9-10,13-14,16H,2,6-8,11-12H2,1H3,(H,25,27)(H2,21,22,23). The second kappa shape index (κ2) is 9.68. The molecule has 0 bridgehead atoms. The van der Waals surface area contributed by atoms with Gasteiger partial charge in [0, 0.05) is 6.54 Å². The van der Waals surface area contributed by atoms with E-state index in [1.807, 2.05) is 34.9 Å². The monoisotopic (exact) mass is 382 g/mol. The van der Waals surface area contributed by atoms with Crippen LogP contribution in [-0.4, -0.2) is 32.2 Å². The molecule has 1 unspecified atom stereocenters. The lowest BCUT2D eigenvalue weighted by Crippen LogP contribution is -2.29. The molecule has 0 radical (unpaired) electrons. The molecule has 0 aliphatic carbocycles. The average Bonchev–Trinajstić information content (AvgIpc) is 3.12. The van der Waals surface area contributed by atoms with Crippen molar-refractivity contribution in [2.45, 2.75) is 45.2 Å². The third-order valence-electron chi connectivity index (χ3n) is 4.53. The molecule has 0 aliphatic rings. The number of hydrogen-bond acceptors (Lipinski definition) is 6. The van der Waals surface area contributed by atoms with Crippen molar-refractivity contribution in [3.05, 3.63) is 48.5 Å². The number of nitrogens with one attached hydrogen (secondary N) is 1. The molecule has 28 heavy (non-hydrogen) atoms. The van der Waals surface area contributed by atoms with E-state index in [9.17, 15) is 4.79 Å². The Morgan fingerprint density at radius 2 is 2.04 bits per heavy atom. The Hall–Kier alpha value is -3.16. The molecule has 148 valence electrons. The van der Waals surface area contributed by atoms with Crippen molar-refractivity contribution in [2.75, 3.05) is 12.3 Å². The van der Waals surface area contributed by atoms with E-state index in [1.54, 1.807) is 6.33 Å². The zero-order valence-corrected chi connectivity index (χ0v) is 16.0. The van der Waals surface area contributed by atoms with E-state index in [4.69, 9.17) is 10.5 Å². The quantitative estimate of drug-likeness (QED) is 0.549. The van der Waals surface area contributed by atoms with Gasteiger partial charge < -0.3 is 20.4 Å². The van der Waals surface area contributed by atoms with Crippen LogP contribution < -0.4 is 11.1 Å². The fourth-order valence-corrected chi connectivity index (χ4v) is 3.09. The number of aromatic nitrogens is 4. The first-order chi connectivity index (χ1) is 13.7. The number of alkyl carbamates (subject to hydrolysis) is 1. The van der Waals surface area contributed by atoms with Gasteiger partial charge in [-0.2, -0.15) is 0 Å². The van der Waals surface area contributed by atoms with Gasteiger partial charge in [0.1, 0.15) is 11.8 Å². The number of aryl methyl sites for hydroxylation is 1. The van der Waals surface area contributed by atoms with Crippen LogP contribution >= 0.6 is 0 Å². The van der Waals surface area contributed by atoms with Crippen molar-refractivity contribution < 1.29 is 9.53 Å². The van der Waals surface area contributed by atoms with Gasteiger partial charge in [0.25, 0.3) is 0 Å². The van der Waals surface area contributed by atoms with Gasteiger partial charge in [-0.15, -0.1) is 0 Å². The number of nitrogens with zero attached hydrogens (tertiary/aromatic N) is 4. The van der Waals surface area contributed by atoms with Crippen molar-refractivity contribution >= 4 is 23.1 Å². The zero-order chi connectivity index (χ0) is 19.8. The van der Waals surface area contributed by atoms with Gasteiger partial charge in [0.05, 0.1) is 19.0 Å². The summed E-state index contributed by atoms with van der Waals surface area (Å²) < 4.78 is 7.28. The Morgan fingerprint density at radius 1 is 1.21 bits per heavy atom. The normalized spacial score (nSPS) is 12.0. The highest BCUT2D eigenvalue weighted by atomic mass is 16.5. The maximum atomic E-state index is 12.1. The third kappa shape index (κ3) is 4.97. The Bertz CT molecular complexity index is 896. The van der Waals surface area contributed by atoms with Crippen molar-refractivity contribution in [1.82, 2.24) is 24.8 Å². The fourth-order valence-electron chi connectivity index (χ4n) is 3.09. The number of rotatable bonds is 9. The van der Waals surface area contributed by atoms with Crippen molar-refractivity contribution in [2.24, 2.45) is 0 Å². The number of carbonyl (C=O) groups is 1. The molecule has 3 N–H and O–H groups in total. The molecule has 3 aromatic rings. The maximum absolute atomic E-state index is 12.1. The second-order valence-electron chi connectivity index (χ2n) is 6.61. The summed E-state index contributed by atoms with van der Waals surface area (Å²) in [4.78, 5) is 24.5. The molecule has 1 aromatic carbocycles. The fraction of sp³-hybridized carbons (Fsp3) is 0.400. The van der Waals surface area contributed by atoms with Crippen LogP contribution in [-0.2, 0) is 11.3 Å². The number of nitrogen functional groups attached to an aromatic ring is 1. The van der Waals surface area contributed by atoms with Crippen molar-refractivity contribution in [1.29, 1.82) is 0 Å². The van der Waals surface area contributed by atoms with E-state index in [-0.39, 0.29) is 12.1 Å². The van der Waals surface area contributed by atoms with Crippen LogP contribution in [0, 0.1) is 0 Å². The van der Waals surface area contributed by atoms with Gasteiger partial charge in [0.2, 0.25) is 0 Å². The zero-order valence-electron chi connectivity index (χ0n) is 16.0. The SMILES string of the molecule is CCCC(NC(=O)OCCCCn1cnc2c(N)ncnc21)c1ccccc1. The Balaban J connectivity index is 1.42. The van der Waals surface area contributed by atoms with Gasteiger partial charge in [-0.25, -0.2) is 19.7 Å². The van der Waals surface area contributed by atoms with E-state index in [2.05, 4.69) is 27.2 Å². The number of hydrogen-bond donors (Lipinski definition) is 2. The summed E-state index contributed by atoms with van der Waals surface area (Å²) >= 11 is 0. The molecular weight excluding hydrogens is 356 g/mol. The smallest absolute Gasteiger partial charge is 0.407 e. The van der Waals surface area contributed by atoms with Gasteiger partial charge in [-0.3, -0.25) is 0 Å². The number of benzene rings is 1. The minimum atomic E-state index is -0.379. The molecule has 0 spiro atoms. The number of unbranched alkanes of at least 4 members (excludes halogenated alkanes) is 1. The molecular formula is C20H26N6O2. The number of nitrogens with two attached hydrogens (primary N) is 1. The van der Waals surface area contributed by atoms with Gasteiger partial charge >= 0.3 is 6.09 Å². The molecule has 1 atom stereocenters. The summed E-state index contributed by atoms with van der Waals surface area (Å²) in [6.45, 7) is 3.19. The molecule has 8 nitrogen and oxygen atoms in total. The number of ether oxygens (including phenoxy) is 1. The number of anilines is 1. The Kier molecular flexibility index (Phi) is 6.78. The molecule has 2 heterocycles. The number of fused-ring (bicyclic) bond motifs is 1. The Morgan fingerprint density at radius 3 is 2.82 bits per heavy atom.